The summed E-state index contributed by atoms with van der Waals surface area (Å²) in [4.78, 5) is 16.3. The molecule has 0 atom stereocenters. The van der Waals surface area contributed by atoms with Gasteiger partial charge in [0.15, 0.2) is 5.13 Å². The molecule has 1 aromatic heterocycles. The number of thiazole rings is 1. The first-order chi connectivity index (χ1) is 11.6. The van der Waals surface area contributed by atoms with Gasteiger partial charge in [-0.15, -0.1) is 11.3 Å². The molecule has 0 bridgehead atoms. The van der Waals surface area contributed by atoms with E-state index in [1.54, 1.807) is 12.3 Å². The van der Waals surface area contributed by atoms with Crippen molar-refractivity contribution in [2.24, 2.45) is 5.92 Å². The van der Waals surface area contributed by atoms with Crippen molar-refractivity contribution in [3.63, 3.8) is 0 Å². The van der Waals surface area contributed by atoms with Gasteiger partial charge in [0, 0.05) is 11.9 Å². The van der Waals surface area contributed by atoms with Crippen molar-refractivity contribution in [1.82, 2.24) is 9.71 Å². The lowest BCUT2D eigenvalue weighted by Crippen LogP contribution is -2.28. The van der Waals surface area contributed by atoms with E-state index in [1.165, 1.54) is 23.5 Å². The van der Waals surface area contributed by atoms with Crippen molar-refractivity contribution in [3.05, 3.63) is 38.8 Å². The molecule has 2 rings (SSSR count). The first-order valence-corrected chi connectivity index (χ1v) is 10.4. The summed E-state index contributed by atoms with van der Waals surface area (Å²) in [5.41, 5.74) is 0.771. The molecule has 0 aliphatic heterocycles. The highest BCUT2D eigenvalue weighted by Crippen LogP contribution is 2.29. The molecule has 2 N–H and O–H groups in total. The molecule has 0 fully saturated rings. The number of carbonyl (C=O) groups excluding carboxylic acids is 1. The van der Waals surface area contributed by atoms with Crippen LogP contribution in [0.15, 0.2) is 22.4 Å². The number of hydrogen-bond donors (Lipinski definition) is 2. The van der Waals surface area contributed by atoms with Crippen LogP contribution in [0.5, 0.6) is 0 Å². The fourth-order valence-corrected chi connectivity index (χ4v) is 4.59. The second-order valence-corrected chi connectivity index (χ2v) is 9.16. The number of nitrogens with zero attached hydrogens (tertiary/aromatic N) is 1. The third kappa shape index (κ3) is 5.15. The van der Waals surface area contributed by atoms with Gasteiger partial charge in [0.25, 0.3) is 5.91 Å². The lowest BCUT2D eigenvalue weighted by Gasteiger charge is -2.12. The molecule has 1 amide bonds. The Morgan fingerprint density at radius 3 is 2.52 bits per heavy atom. The van der Waals surface area contributed by atoms with Crippen LogP contribution < -0.4 is 10.0 Å². The summed E-state index contributed by atoms with van der Waals surface area (Å²) >= 11 is 13.4. The second kappa shape index (κ2) is 8.01. The van der Waals surface area contributed by atoms with E-state index in [2.05, 4.69) is 15.0 Å². The predicted molar refractivity (Wildman–Crippen MR) is 101 cm³/mol. The smallest absolute Gasteiger partial charge is 0.259 e. The van der Waals surface area contributed by atoms with Crippen molar-refractivity contribution >= 4 is 55.6 Å². The minimum Gasteiger partial charge on any atom is -0.298 e. The molecule has 6 nitrogen and oxygen atoms in total. The Hall–Kier alpha value is -1.19. The van der Waals surface area contributed by atoms with E-state index in [0.29, 0.717) is 5.13 Å². The summed E-state index contributed by atoms with van der Waals surface area (Å²) < 4.78 is 27.3. The predicted octanol–water partition coefficient (Wildman–Crippen LogP) is 3.94. The van der Waals surface area contributed by atoms with E-state index in [0.717, 1.165) is 5.69 Å². The average molecular weight is 422 g/mol. The van der Waals surface area contributed by atoms with Gasteiger partial charge >= 0.3 is 0 Å². The molecular formula is C15H17Cl2N3O3S2. The Balaban J connectivity index is 2.35. The number of nitrogens with one attached hydrogen (secondary N) is 2. The number of hydrogen-bond acceptors (Lipinski definition) is 5. The summed E-state index contributed by atoms with van der Waals surface area (Å²) in [5, 5.41) is 4.78. The van der Waals surface area contributed by atoms with Crippen LogP contribution >= 0.6 is 34.5 Å². The maximum atomic E-state index is 12.4. The molecule has 0 saturated carbocycles. The number of sulfonamides is 1. The fraction of sp³-hybridized carbons (Fsp3) is 0.333. The first-order valence-electron chi connectivity index (χ1n) is 7.32. The highest BCUT2D eigenvalue weighted by molar-refractivity contribution is 7.89. The quantitative estimate of drug-likeness (QED) is 0.738. The topological polar surface area (TPSA) is 88.2 Å². The van der Waals surface area contributed by atoms with Gasteiger partial charge in [0.1, 0.15) is 4.90 Å². The summed E-state index contributed by atoms with van der Waals surface area (Å²) in [6.45, 7) is 5.80. The molecular weight excluding hydrogens is 405 g/mol. The van der Waals surface area contributed by atoms with Crippen LogP contribution in [0.2, 0.25) is 10.0 Å². The molecule has 10 heteroatoms. The van der Waals surface area contributed by atoms with Gasteiger partial charge in [0.2, 0.25) is 10.0 Å². The number of rotatable bonds is 6. The number of halogens is 2. The molecule has 1 aromatic carbocycles. The third-order valence-corrected chi connectivity index (χ3v) is 6.15. The van der Waals surface area contributed by atoms with Crippen molar-refractivity contribution in [3.8, 4) is 0 Å². The van der Waals surface area contributed by atoms with Gasteiger partial charge in [-0.05, 0) is 25.0 Å². The zero-order chi connectivity index (χ0) is 18.8. The minimum absolute atomic E-state index is 0.00356. The lowest BCUT2D eigenvalue weighted by atomic mass is 10.2. The first kappa shape index (κ1) is 20.1. The number of anilines is 1. The summed E-state index contributed by atoms with van der Waals surface area (Å²) in [7, 11) is -3.86. The van der Waals surface area contributed by atoms with Crippen LogP contribution in [0.3, 0.4) is 0 Å². The Labute approximate surface area is 160 Å². The van der Waals surface area contributed by atoms with Crippen molar-refractivity contribution in [2.45, 2.75) is 25.7 Å². The van der Waals surface area contributed by atoms with Gasteiger partial charge < -0.3 is 0 Å². The van der Waals surface area contributed by atoms with E-state index in [-0.39, 0.29) is 33.0 Å². The molecule has 0 spiro atoms. The largest absolute Gasteiger partial charge is 0.298 e. The molecule has 136 valence electrons. The van der Waals surface area contributed by atoms with Crippen LogP contribution in [-0.2, 0) is 10.0 Å². The van der Waals surface area contributed by atoms with Gasteiger partial charge in [-0.2, -0.15) is 0 Å². The minimum atomic E-state index is -3.86. The highest BCUT2D eigenvalue weighted by Gasteiger charge is 2.23. The summed E-state index contributed by atoms with van der Waals surface area (Å²) in [6.07, 6.45) is 0. The maximum Gasteiger partial charge on any atom is 0.259 e. The Bertz CT molecular complexity index is 895. The zero-order valence-corrected chi connectivity index (χ0v) is 16.9. The van der Waals surface area contributed by atoms with Crippen LogP contribution in [0, 0.1) is 12.8 Å². The SMILES string of the molecule is Cc1csc(NC(=O)c2cc(S(=O)(=O)NCC(C)C)c(Cl)cc2Cl)n1. The van der Waals surface area contributed by atoms with E-state index in [4.69, 9.17) is 23.2 Å². The number of benzene rings is 1. The number of amides is 1. The van der Waals surface area contributed by atoms with E-state index in [9.17, 15) is 13.2 Å². The standard InChI is InChI=1S/C15H17Cl2N3O3S2/c1-8(2)6-18-25(22,23)13-4-10(11(16)5-12(13)17)14(21)20-15-19-9(3)7-24-15/h4-5,7-8,18H,6H2,1-3H3,(H,19,20,21). The van der Waals surface area contributed by atoms with E-state index >= 15 is 0 Å². The molecule has 0 aliphatic carbocycles. The normalized spacial score (nSPS) is 11.8. The molecule has 1 heterocycles. The zero-order valence-electron chi connectivity index (χ0n) is 13.8. The Morgan fingerprint density at radius 1 is 1.28 bits per heavy atom. The summed E-state index contributed by atoms with van der Waals surface area (Å²) in [6, 6.07) is 2.41. The summed E-state index contributed by atoms with van der Waals surface area (Å²) in [5.74, 6) is -0.437. The monoisotopic (exact) mass is 421 g/mol. The third-order valence-electron chi connectivity index (χ3n) is 3.08. The van der Waals surface area contributed by atoms with Crippen molar-refractivity contribution in [2.75, 3.05) is 11.9 Å². The van der Waals surface area contributed by atoms with Gasteiger partial charge in [-0.1, -0.05) is 37.0 Å². The second-order valence-electron chi connectivity index (χ2n) is 5.76. The molecule has 0 unspecified atom stereocenters. The number of aryl methyl sites for hydroxylation is 1. The highest BCUT2D eigenvalue weighted by atomic mass is 35.5. The van der Waals surface area contributed by atoms with Gasteiger partial charge in [-0.25, -0.2) is 18.1 Å². The number of carbonyl (C=O) groups is 1. The van der Waals surface area contributed by atoms with Gasteiger partial charge in [-0.3, -0.25) is 10.1 Å². The number of aromatic nitrogens is 1. The molecule has 0 aliphatic rings. The molecule has 0 saturated heterocycles. The molecule has 2 aromatic rings. The average Bonchev–Trinajstić information content (AvgIpc) is 2.90. The van der Waals surface area contributed by atoms with Crippen LogP contribution in [0.4, 0.5) is 5.13 Å². The fourth-order valence-electron chi connectivity index (χ4n) is 1.84. The van der Waals surface area contributed by atoms with Crippen LogP contribution in [-0.4, -0.2) is 25.9 Å². The molecule has 0 radical (unpaired) electrons. The lowest BCUT2D eigenvalue weighted by molar-refractivity contribution is 0.102. The van der Waals surface area contributed by atoms with Crippen molar-refractivity contribution < 1.29 is 13.2 Å². The van der Waals surface area contributed by atoms with Crippen molar-refractivity contribution in [1.29, 1.82) is 0 Å². The Morgan fingerprint density at radius 2 is 1.96 bits per heavy atom. The molecule has 25 heavy (non-hydrogen) atoms. The van der Waals surface area contributed by atoms with E-state index < -0.39 is 15.9 Å². The van der Waals surface area contributed by atoms with E-state index in [1.807, 2.05) is 13.8 Å². The van der Waals surface area contributed by atoms with Gasteiger partial charge in [0.05, 0.1) is 21.3 Å². The van der Waals surface area contributed by atoms with Crippen LogP contribution in [0.25, 0.3) is 0 Å². The Kier molecular flexibility index (Phi) is 6.45. The maximum absolute atomic E-state index is 12.4. The van der Waals surface area contributed by atoms with Crippen LogP contribution in [0.1, 0.15) is 29.9 Å².